The number of alkyl carbamates (subject to hydrolysis) is 1. The number of nitrogens with zero attached hydrogens (tertiary/aromatic N) is 1. The van der Waals surface area contributed by atoms with Crippen molar-refractivity contribution in [2.24, 2.45) is 17.3 Å². The first-order chi connectivity index (χ1) is 16.3. The molecular weight excluding hydrogens is 432 g/mol. The van der Waals surface area contributed by atoms with Crippen LogP contribution in [-0.2, 0) is 14.3 Å². The summed E-state index contributed by atoms with van der Waals surface area (Å²) in [6.45, 7) is 4.24. The van der Waals surface area contributed by atoms with Crippen LogP contribution in [0.2, 0.25) is 0 Å². The van der Waals surface area contributed by atoms with Crippen LogP contribution in [0.5, 0.6) is 0 Å². The molecule has 0 radical (unpaired) electrons. The van der Waals surface area contributed by atoms with E-state index in [4.69, 9.17) is 4.74 Å². The minimum Gasteiger partial charge on any atom is -0.481 e. The highest BCUT2D eigenvalue weighted by Gasteiger charge is 2.50. The Balaban J connectivity index is 1.25. The molecule has 2 aliphatic carbocycles. The summed E-state index contributed by atoms with van der Waals surface area (Å²) in [5, 5.41) is 12.4. The summed E-state index contributed by atoms with van der Waals surface area (Å²) >= 11 is 0. The third-order valence-electron chi connectivity index (χ3n) is 7.88. The summed E-state index contributed by atoms with van der Waals surface area (Å²) in [4.78, 5) is 39.4. The van der Waals surface area contributed by atoms with Crippen molar-refractivity contribution in [3.05, 3.63) is 59.7 Å². The van der Waals surface area contributed by atoms with Crippen LogP contribution in [0.3, 0.4) is 0 Å². The minimum absolute atomic E-state index is 0.0519. The molecule has 2 amide bonds. The number of carbonyl (C=O) groups excluding carboxylic acids is 2. The first kappa shape index (κ1) is 22.4. The third kappa shape index (κ3) is 3.83. The predicted octanol–water partition coefficient (Wildman–Crippen LogP) is 3.87. The van der Waals surface area contributed by atoms with Gasteiger partial charge in [0.05, 0.1) is 5.41 Å². The van der Waals surface area contributed by atoms with Gasteiger partial charge in [0.25, 0.3) is 0 Å². The number of nitrogens with one attached hydrogen (secondary N) is 1. The van der Waals surface area contributed by atoms with Gasteiger partial charge < -0.3 is 20.1 Å². The van der Waals surface area contributed by atoms with Gasteiger partial charge in [-0.2, -0.15) is 0 Å². The summed E-state index contributed by atoms with van der Waals surface area (Å²) < 4.78 is 5.65. The number of hydrogen-bond acceptors (Lipinski definition) is 4. The average Bonchev–Trinajstić information content (AvgIpc) is 3.55. The fraction of sp³-hybridized carbons (Fsp3) is 0.444. The van der Waals surface area contributed by atoms with Crippen LogP contribution >= 0.6 is 0 Å². The van der Waals surface area contributed by atoms with Gasteiger partial charge in [0.2, 0.25) is 5.91 Å². The Hall–Kier alpha value is -3.35. The number of benzene rings is 2. The lowest BCUT2D eigenvalue weighted by Gasteiger charge is -2.26. The Morgan fingerprint density at radius 1 is 1.09 bits per heavy atom. The van der Waals surface area contributed by atoms with E-state index in [2.05, 4.69) is 29.6 Å². The Morgan fingerprint density at radius 2 is 1.68 bits per heavy atom. The van der Waals surface area contributed by atoms with Gasteiger partial charge in [-0.3, -0.25) is 9.59 Å². The number of ether oxygens (including phenoxy) is 1. The molecule has 34 heavy (non-hydrogen) atoms. The Bertz CT molecular complexity index is 1100. The molecule has 3 atom stereocenters. The summed E-state index contributed by atoms with van der Waals surface area (Å²) in [5.41, 5.74) is 3.59. The molecule has 2 fully saturated rings. The van der Waals surface area contributed by atoms with E-state index in [-0.39, 0.29) is 36.8 Å². The number of carboxylic acids is 1. The first-order valence-corrected chi connectivity index (χ1v) is 11.9. The second-order valence-electron chi connectivity index (χ2n) is 10.1. The standard InChI is InChI=1S/C27H30N2O5/c1-16-13-29(15-27(16,2)25(31)32)24(30)23(17-11-12-17)28-26(33)34-14-22-20-9-5-3-7-18(20)19-8-4-6-10-21(19)22/h3-10,16-17,22-23H,11-15H2,1-2H3,(H,28,33)(H,31,32)/t16-,23?,27-/m1/s1. The van der Waals surface area contributed by atoms with Crippen LogP contribution < -0.4 is 5.32 Å². The molecule has 1 heterocycles. The number of carboxylic acid groups (broad SMARTS) is 1. The zero-order valence-corrected chi connectivity index (χ0v) is 19.5. The van der Waals surface area contributed by atoms with Crippen molar-refractivity contribution in [2.75, 3.05) is 19.7 Å². The van der Waals surface area contributed by atoms with Gasteiger partial charge in [-0.05, 0) is 53.9 Å². The number of aliphatic carboxylic acids is 1. The Morgan fingerprint density at radius 3 is 2.21 bits per heavy atom. The van der Waals surface area contributed by atoms with Gasteiger partial charge in [0.1, 0.15) is 12.6 Å². The fourth-order valence-electron chi connectivity index (χ4n) is 5.37. The third-order valence-corrected chi connectivity index (χ3v) is 7.88. The molecule has 0 bridgehead atoms. The van der Waals surface area contributed by atoms with E-state index in [1.54, 1.807) is 11.8 Å². The molecule has 2 N–H and O–H groups in total. The summed E-state index contributed by atoms with van der Waals surface area (Å²) in [6, 6.07) is 15.6. The van der Waals surface area contributed by atoms with Crippen LogP contribution in [-0.4, -0.2) is 53.7 Å². The summed E-state index contributed by atoms with van der Waals surface area (Å²) in [5.74, 6) is -1.26. The fourth-order valence-corrected chi connectivity index (χ4v) is 5.37. The minimum atomic E-state index is -0.979. The topological polar surface area (TPSA) is 95.9 Å². The second kappa shape index (κ2) is 8.46. The molecule has 7 heteroatoms. The highest BCUT2D eigenvalue weighted by Crippen LogP contribution is 2.44. The molecule has 5 rings (SSSR count). The van der Waals surface area contributed by atoms with Crippen LogP contribution in [0.1, 0.15) is 43.7 Å². The lowest BCUT2D eigenvalue weighted by molar-refractivity contribution is -0.149. The maximum Gasteiger partial charge on any atom is 0.407 e. The number of hydrogen-bond donors (Lipinski definition) is 2. The van der Waals surface area contributed by atoms with Crippen molar-refractivity contribution in [3.63, 3.8) is 0 Å². The van der Waals surface area contributed by atoms with Gasteiger partial charge in [-0.1, -0.05) is 55.5 Å². The van der Waals surface area contributed by atoms with E-state index < -0.39 is 23.5 Å². The number of rotatable bonds is 6. The highest BCUT2D eigenvalue weighted by atomic mass is 16.5. The van der Waals surface area contributed by atoms with Gasteiger partial charge in [0, 0.05) is 19.0 Å². The molecular formula is C27H30N2O5. The molecule has 1 aliphatic heterocycles. The highest BCUT2D eigenvalue weighted by molar-refractivity contribution is 5.88. The summed E-state index contributed by atoms with van der Waals surface area (Å²) in [7, 11) is 0. The SMILES string of the molecule is C[C@@H]1CN(C(=O)C(NC(=O)OCC2c3ccccc3-c3ccccc32)C2CC2)C[C@@]1(C)C(=O)O. The van der Waals surface area contributed by atoms with Gasteiger partial charge in [-0.25, -0.2) is 4.79 Å². The normalized spacial score (nSPS) is 24.3. The first-order valence-electron chi connectivity index (χ1n) is 11.9. The lowest BCUT2D eigenvalue weighted by atomic mass is 9.81. The zero-order chi connectivity index (χ0) is 24.0. The maximum atomic E-state index is 13.3. The number of amides is 2. The van der Waals surface area contributed by atoms with Crippen molar-refractivity contribution in [1.82, 2.24) is 10.2 Å². The van der Waals surface area contributed by atoms with Crippen LogP contribution in [0.4, 0.5) is 4.79 Å². The van der Waals surface area contributed by atoms with Gasteiger partial charge in [0.15, 0.2) is 0 Å². The summed E-state index contributed by atoms with van der Waals surface area (Å²) in [6.07, 6.45) is 1.11. The monoisotopic (exact) mass is 462 g/mol. The number of likely N-dealkylation sites (tertiary alicyclic amines) is 1. The largest absolute Gasteiger partial charge is 0.481 e. The van der Waals surface area contributed by atoms with Crippen LogP contribution in [0.25, 0.3) is 11.1 Å². The Labute approximate surface area is 199 Å². The molecule has 0 aromatic heterocycles. The number of fused-ring (bicyclic) bond motifs is 3. The molecule has 7 nitrogen and oxygen atoms in total. The maximum absolute atomic E-state index is 13.3. The van der Waals surface area contributed by atoms with E-state index in [1.807, 2.05) is 31.2 Å². The van der Waals surface area contributed by atoms with Gasteiger partial charge in [-0.15, -0.1) is 0 Å². The van der Waals surface area contributed by atoms with Crippen molar-refractivity contribution in [3.8, 4) is 11.1 Å². The van der Waals surface area contributed by atoms with Crippen LogP contribution in [0, 0.1) is 17.3 Å². The number of carbonyl (C=O) groups is 3. The van der Waals surface area contributed by atoms with E-state index in [0.717, 1.165) is 35.1 Å². The van der Waals surface area contributed by atoms with Crippen LogP contribution in [0.15, 0.2) is 48.5 Å². The van der Waals surface area contributed by atoms with E-state index >= 15 is 0 Å². The average molecular weight is 463 g/mol. The molecule has 2 aromatic rings. The lowest BCUT2D eigenvalue weighted by Crippen LogP contribution is -2.50. The van der Waals surface area contributed by atoms with Crippen molar-refractivity contribution in [2.45, 2.75) is 38.6 Å². The predicted molar refractivity (Wildman–Crippen MR) is 126 cm³/mol. The molecule has 1 saturated carbocycles. The quantitative estimate of drug-likeness (QED) is 0.679. The molecule has 3 aliphatic rings. The molecule has 1 saturated heterocycles. The Kier molecular flexibility index (Phi) is 5.58. The van der Waals surface area contributed by atoms with Crippen molar-refractivity contribution >= 4 is 18.0 Å². The molecule has 0 spiro atoms. The van der Waals surface area contributed by atoms with Gasteiger partial charge >= 0.3 is 12.1 Å². The molecule has 178 valence electrons. The van der Waals surface area contributed by atoms with Crippen molar-refractivity contribution in [1.29, 1.82) is 0 Å². The van der Waals surface area contributed by atoms with Crippen molar-refractivity contribution < 1.29 is 24.2 Å². The van der Waals surface area contributed by atoms with E-state index in [0.29, 0.717) is 6.54 Å². The molecule has 2 aromatic carbocycles. The van der Waals surface area contributed by atoms with E-state index in [9.17, 15) is 19.5 Å². The van der Waals surface area contributed by atoms with E-state index in [1.165, 1.54) is 0 Å². The second-order valence-corrected chi connectivity index (χ2v) is 10.1. The zero-order valence-electron chi connectivity index (χ0n) is 19.5. The smallest absolute Gasteiger partial charge is 0.407 e. The molecule has 1 unspecified atom stereocenters.